The number of halogens is 2. The molecule has 7 heteroatoms. The average molecular weight is 347 g/mol. The second-order valence-corrected chi connectivity index (χ2v) is 6.10. The van der Waals surface area contributed by atoms with Crippen molar-refractivity contribution in [3.63, 3.8) is 0 Å². The highest BCUT2D eigenvalue weighted by Crippen LogP contribution is 2.22. The van der Waals surface area contributed by atoms with Crippen LogP contribution in [0.3, 0.4) is 0 Å². The van der Waals surface area contributed by atoms with Gasteiger partial charge in [0.15, 0.2) is 0 Å². The van der Waals surface area contributed by atoms with Crippen LogP contribution in [0.5, 0.6) is 6.01 Å². The topological polar surface area (TPSA) is 64.1 Å². The maximum absolute atomic E-state index is 13.6. The van der Waals surface area contributed by atoms with E-state index in [0.29, 0.717) is 6.01 Å². The number of nitrogens with zero attached hydrogens (tertiary/aromatic N) is 2. The molecule has 25 heavy (non-hydrogen) atoms. The Kier molecular flexibility index (Phi) is 5.53. The lowest BCUT2D eigenvalue weighted by atomic mass is 9.93. The van der Waals surface area contributed by atoms with Gasteiger partial charge in [-0.3, -0.25) is 4.79 Å². The highest BCUT2D eigenvalue weighted by Gasteiger charge is 2.24. The SMILES string of the molecule is O=C(Cc1ccc(F)cc1F)NC1CCC(Oc2ncccn2)CC1. The van der Waals surface area contributed by atoms with Crippen molar-refractivity contribution < 1.29 is 18.3 Å². The van der Waals surface area contributed by atoms with Crippen molar-refractivity contribution in [2.75, 3.05) is 0 Å². The largest absolute Gasteiger partial charge is 0.460 e. The summed E-state index contributed by atoms with van der Waals surface area (Å²) in [5.74, 6) is -1.61. The summed E-state index contributed by atoms with van der Waals surface area (Å²) in [4.78, 5) is 20.1. The standard InChI is InChI=1S/C18H19F2N3O2/c19-13-3-2-12(16(20)11-13)10-17(24)23-14-4-6-15(7-5-14)25-18-21-8-1-9-22-18/h1-3,8-9,11,14-15H,4-7,10H2,(H,23,24). The minimum atomic E-state index is -0.699. The first-order valence-electron chi connectivity index (χ1n) is 8.27. The summed E-state index contributed by atoms with van der Waals surface area (Å²) >= 11 is 0. The molecule has 0 atom stereocenters. The van der Waals surface area contributed by atoms with Crippen molar-refractivity contribution in [3.05, 3.63) is 53.9 Å². The van der Waals surface area contributed by atoms with Crippen molar-refractivity contribution in [2.45, 2.75) is 44.2 Å². The molecule has 1 aromatic heterocycles. The van der Waals surface area contributed by atoms with Crippen LogP contribution in [0.4, 0.5) is 8.78 Å². The molecule has 1 N–H and O–H groups in total. The summed E-state index contributed by atoms with van der Waals surface area (Å²) in [6, 6.07) is 5.36. The second kappa shape index (κ2) is 8.00. The Hall–Kier alpha value is -2.57. The Morgan fingerprint density at radius 2 is 1.88 bits per heavy atom. The molecule has 0 bridgehead atoms. The number of benzene rings is 1. The molecule has 0 spiro atoms. The zero-order chi connectivity index (χ0) is 17.6. The molecule has 0 aliphatic heterocycles. The van der Waals surface area contributed by atoms with Gasteiger partial charge in [0.05, 0.1) is 6.42 Å². The summed E-state index contributed by atoms with van der Waals surface area (Å²) in [5.41, 5.74) is 0.192. The quantitative estimate of drug-likeness (QED) is 0.903. The monoisotopic (exact) mass is 347 g/mol. The summed E-state index contributed by atoms with van der Waals surface area (Å²) in [6.45, 7) is 0. The molecular weight excluding hydrogens is 328 g/mol. The number of ether oxygens (including phenoxy) is 1. The van der Waals surface area contributed by atoms with Crippen molar-refractivity contribution in [2.24, 2.45) is 0 Å². The molecule has 0 radical (unpaired) electrons. The van der Waals surface area contributed by atoms with E-state index in [4.69, 9.17) is 4.74 Å². The van der Waals surface area contributed by atoms with Gasteiger partial charge >= 0.3 is 6.01 Å². The molecule has 3 rings (SSSR count). The van der Waals surface area contributed by atoms with Crippen molar-refractivity contribution in [3.8, 4) is 6.01 Å². The van der Waals surface area contributed by atoms with Crippen LogP contribution < -0.4 is 10.1 Å². The number of carbonyl (C=O) groups excluding carboxylic acids is 1. The molecule has 5 nitrogen and oxygen atoms in total. The highest BCUT2D eigenvalue weighted by atomic mass is 19.1. The molecule has 1 saturated carbocycles. The van der Waals surface area contributed by atoms with Gasteiger partial charge in [-0.2, -0.15) is 0 Å². The van der Waals surface area contributed by atoms with Crippen LogP contribution >= 0.6 is 0 Å². The van der Waals surface area contributed by atoms with Gasteiger partial charge < -0.3 is 10.1 Å². The van der Waals surface area contributed by atoms with Crippen molar-refractivity contribution in [1.29, 1.82) is 0 Å². The minimum absolute atomic E-state index is 0.0325. The van der Waals surface area contributed by atoms with E-state index in [2.05, 4.69) is 15.3 Å². The molecule has 1 aromatic carbocycles. The summed E-state index contributed by atoms with van der Waals surface area (Å²) in [5, 5.41) is 2.91. The maximum atomic E-state index is 13.6. The Balaban J connectivity index is 1.44. The molecule has 1 aliphatic rings. The van der Waals surface area contributed by atoms with Gasteiger partial charge in [0.25, 0.3) is 0 Å². The van der Waals surface area contributed by atoms with Gasteiger partial charge in [-0.1, -0.05) is 6.07 Å². The Labute approximate surface area is 144 Å². The van der Waals surface area contributed by atoms with Crippen LogP contribution in [0.15, 0.2) is 36.7 Å². The predicted octanol–water partition coefficient (Wildman–Crippen LogP) is 2.80. The van der Waals surface area contributed by atoms with Gasteiger partial charge in [-0.05, 0) is 43.4 Å². The predicted molar refractivity (Wildman–Crippen MR) is 86.9 cm³/mol. The fourth-order valence-corrected chi connectivity index (χ4v) is 2.94. The summed E-state index contributed by atoms with van der Waals surface area (Å²) in [7, 11) is 0. The van der Waals surface area contributed by atoms with E-state index in [0.717, 1.165) is 37.8 Å². The lowest BCUT2D eigenvalue weighted by Gasteiger charge is -2.28. The third-order valence-electron chi connectivity index (χ3n) is 4.22. The van der Waals surface area contributed by atoms with Crippen LogP contribution in [0.2, 0.25) is 0 Å². The normalized spacial score (nSPS) is 20.1. The van der Waals surface area contributed by atoms with Crippen LogP contribution in [-0.2, 0) is 11.2 Å². The smallest absolute Gasteiger partial charge is 0.316 e. The van der Waals surface area contributed by atoms with Gasteiger partial charge in [-0.15, -0.1) is 0 Å². The molecule has 2 aromatic rings. The van der Waals surface area contributed by atoms with Gasteiger partial charge in [-0.25, -0.2) is 18.7 Å². The van der Waals surface area contributed by atoms with E-state index >= 15 is 0 Å². The Morgan fingerprint density at radius 1 is 1.16 bits per heavy atom. The van der Waals surface area contributed by atoms with E-state index < -0.39 is 11.6 Å². The maximum Gasteiger partial charge on any atom is 0.316 e. The first kappa shape index (κ1) is 17.3. The molecule has 132 valence electrons. The zero-order valence-corrected chi connectivity index (χ0v) is 13.6. The minimum Gasteiger partial charge on any atom is -0.460 e. The number of aromatic nitrogens is 2. The highest BCUT2D eigenvalue weighted by molar-refractivity contribution is 5.78. The molecule has 1 amide bonds. The van der Waals surface area contributed by atoms with E-state index in [1.54, 1.807) is 18.5 Å². The third kappa shape index (κ3) is 4.95. The lowest BCUT2D eigenvalue weighted by molar-refractivity contribution is -0.121. The Bertz CT molecular complexity index is 720. The fraction of sp³-hybridized carbons (Fsp3) is 0.389. The van der Waals surface area contributed by atoms with E-state index in [1.807, 2.05) is 0 Å². The van der Waals surface area contributed by atoms with E-state index in [9.17, 15) is 13.6 Å². The number of carbonyl (C=O) groups is 1. The van der Waals surface area contributed by atoms with Crippen LogP contribution in [0.1, 0.15) is 31.2 Å². The molecule has 0 saturated heterocycles. The average Bonchev–Trinajstić information content (AvgIpc) is 2.60. The summed E-state index contributed by atoms with van der Waals surface area (Å²) < 4.78 is 32.2. The first-order valence-corrected chi connectivity index (χ1v) is 8.27. The van der Waals surface area contributed by atoms with E-state index in [-0.39, 0.29) is 30.0 Å². The van der Waals surface area contributed by atoms with Crippen molar-refractivity contribution >= 4 is 5.91 Å². The molecule has 0 unspecified atom stereocenters. The number of hydrogen-bond acceptors (Lipinski definition) is 4. The first-order chi connectivity index (χ1) is 12.1. The lowest BCUT2D eigenvalue weighted by Crippen LogP contribution is -2.40. The Morgan fingerprint density at radius 3 is 2.56 bits per heavy atom. The van der Waals surface area contributed by atoms with Gasteiger partial charge in [0.1, 0.15) is 17.7 Å². The fourth-order valence-electron chi connectivity index (χ4n) is 2.94. The van der Waals surface area contributed by atoms with Crippen LogP contribution in [0.25, 0.3) is 0 Å². The molecule has 1 heterocycles. The van der Waals surface area contributed by atoms with Gasteiger partial charge in [0.2, 0.25) is 5.91 Å². The number of hydrogen-bond donors (Lipinski definition) is 1. The van der Waals surface area contributed by atoms with Crippen molar-refractivity contribution in [1.82, 2.24) is 15.3 Å². The number of amides is 1. The van der Waals surface area contributed by atoms with Crippen LogP contribution in [0, 0.1) is 11.6 Å². The van der Waals surface area contributed by atoms with Gasteiger partial charge in [0, 0.05) is 24.5 Å². The zero-order valence-electron chi connectivity index (χ0n) is 13.6. The molecule has 1 aliphatic carbocycles. The second-order valence-electron chi connectivity index (χ2n) is 6.10. The van der Waals surface area contributed by atoms with Crippen LogP contribution in [-0.4, -0.2) is 28.0 Å². The molecular formula is C18H19F2N3O2. The van der Waals surface area contributed by atoms with E-state index in [1.165, 1.54) is 6.07 Å². The third-order valence-corrected chi connectivity index (χ3v) is 4.22. The summed E-state index contributed by atoms with van der Waals surface area (Å²) in [6.07, 6.45) is 6.31. The molecule has 1 fully saturated rings. The number of nitrogens with one attached hydrogen (secondary N) is 1. The number of rotatable bonds is 5.